The molecule has 0 bridgehead atoms. The maximum atomic E-state index is 13.8. The molecule has 0 radical (unpaired) electrons. The molecule has 2 heterocycles. The normalized spacial score (nSPS) is 11.0. The summed E-state index contributed by atoms with van der Waals surface area (Å²) in [6, 6.07) is 43.9. The number of ketones is 1. The third-order valence-electron chi connectivity index (χ3n) is 13.3. The van der Waals surface area contributed by atoms with E-state index < -0.39 is 0 Å². The Bertz CT molecular complexity index is 3230. The molecule has 0 saturated carbocycles. The van der Waals surface area contributed by atoms with Crippen molar-refractivity contribution in [1.29, 1.82) is 0 Å². The van der Waals surface area contributed by atoms with Crippen molar-refractivity contribution in [3.63, 3.8) is 0 Å². The van der Waals surface area contributed by atoms with Gasteiger partial charge in [0.25, 0.3) is 0 Å². The van der Waals surface area contributed by atoms with E-state index in [1.165, 1.54) is 0 Å². The fourth-order valence-corrected chi connectivity index (χ4v) is 8.81. The van der Waals surface area contributed by atoms with Crippen LogP contribution in [-0.2, 0) is 0 Å². The zero-order valence-electron chi connectivity index (χ0n) is 46.0. The average molecular weight is 1070 g/mol. The van der Waals surface area contributed by atoms with Crippen LogP contribution in [0.4, 0.5) is 46.3 Å². The average Bonchev–Trinajstić information content (AvgIpc) is 3.54. The lowest BCUT2D eigenvalue weighted by atomic mass is 10.0. The van der Waals surface area contributed by atoms with Gasteiger partial charge in [-0.2, -0.15) is 9.97 Å². The van der Waals surface area contributed by atoms with Crippen LogP contribution in [0.15, 0.2) is 152 Å². The molecule has 0 atom stereocenters. The second-order valence-electron chi connectivity index (χ2n) is 18.2. The number of ether oxygens (including phenoxy) is 6. The summed E-state index contributed by atoms with van der Waals surface area (Å²) in [6.45, 7) is 12.6. The molecule has 17 heteroatoms. The Hall–Kier alpha value is -8.93. The Balaban J connectivity index is 0.859. The summed E-state index contributed by atoms with van der Waals surface area (Å²) in [5, 5.41) is 13.6. The Kier molecular flexibility index (Phi) is 20.3. The first kappa shape index (κ1) is 56.3. The molecule has 2 aromatic heterocycles. The Labute approximate surface area is 463 Å². The van der Waals surface area contributed by atoms with Gasteiger partial charge in [-0.25, -0.2) is 9.97 Å². The van der Waals surface area contributed by atoms with Gasteiger partial charge in [-0.3, -0.25) is 4.79 Å². The van der Waals surface area contributed by atoms with E-state index >= 15 is 0 Å². The van der Waals surface area contributed by atoms with Gasteiger partial charge in [0.2, 0.25) is 11.9 Å². The summed E-state index contributed by atoms with van der Waals surface area (Å²) in [5.74, 6) is 6.08. The smallest absolute Gasteiger partial charge is 0.229 e. The lowest BCUT2D eigenvalue weighted by Crippen LogP contribution is -2.29. The number of para-hydroxylation sites is 4. The molecule has 79 heavy (non-hydrogen) atoms. The SMILES string of the molecule is CCN(CC)CCOc1ccc(Nc2ncc(-c3cccc(C(=O)CCCN(CC)CCOc4ccc(Nc5ncc(-c6cc(OC)ccc6OC)c(Nc6ccccc6OC)n5)cc4)c3)c(Nc3ccccc3OC)n2)cc1. The molecule has 0 spiro atoms. The molecule has 410 valence electrons. The van der Waals surface area contributed by atoms with Gasteiger partial charge in [-0.15, -0.1) is 0 Å². The molecular weight excluding hydrogens is 997 g/mol. The molecule has 8 rings (SSSR count). The highest BCUT2D eigenvalue weighted by Gasteiger charge is 2.19. The number of benzene rings is 6. The van der Waals surface area contributed by atoms with E-state index in [2.05, 4.69) is 56.8 Å². The number of rotatable bonds is 30. The monoisotopic (exact) mass is 1070 g/mol. The number of hydrogen-bond acceptors (Lipinski definition) is 17. The zero-order chi connectivity index (χ0) is 55.3. The molecule has 0 aliphatic rings. The summed E-state index contributed by atoms with van der Waals surface area (Å²) in [6.07, 6.45) is 4.59. The fourth-order valence-electron chi connectivity index (χ4n) is 8.81. The number of likely N-dealkylation sites (N-methyl/N-ethyl adjacent to an activating group) is 2. The first-order valence-electron chi connectivity index (χ1n) is 26.6. The summed E-state index contributed by atoms with van der Waals surface area (Å²) in [7, 11) is 6.50. The van der Waals surface area contributed by atoms with Crippen LogP contribution < -0.4 is 49.7 Å². The minimum absolute atomic E-state index is 0.0594. The molecule has 0 fully saturated rings. The number of nitrogens with zero attached hydrogens (tertiary/aromatic N) is 6. The van der Waals surface area contributed by atoms with Gasteiger partial charge in [0, 0.05) is 65.5 Å². The highest BCUT2D eigenvalue weighted by atomic mass is 16.5. The second-order valence-corrected chi connectivity index (χ2v) is 18.2. The molecule has 0 aliphatic carbocycles. The van der Waals surface area contributed by atoms with E-state index in [0.717, 1.165) is 83.7 Å². The van der Waals surface area contributed by atoms with Crippen molar-refractivity contribution in [2.24, 2.45) is 0 Å². The Morgan fingerprint density at radius 3 is 1.54 bits per heavy atom. The van der Waals surface area contributed by atoms with Crippen LogP contribution in [-0.4, -0.2) is 116 Å². The van der Waals surface area contributed by atoms with Gasteiger partial charge in [0.1, 0.15) is 59.3 Å². The Morgan fingerprint density at radius 2 is 1.00 bits per heavy atom. The van der Waals surface area contributed by atoms with Crippen molar-refractivity contribution in [2.45, 2.75) is 33.6 Å². The highest BCUT2D eigenvalue weighted by Crippen LogP contribution is 2.40. The van der Waals surface area contributed by atoms with E-state index in [1.54, 1.807) is 40.8 Å². The molecule has 0 aliphatic heterocycles. The van der Waals surface area contributed by atoms with Crippen LogP contribution in [0.5, 0.6) is 34.5 Å². The number of methoxy groups -OCH3 is 4. The first-order valence-corrected chi connectivity index (χ1v) is 26.6. The van der Waals surface area contributed by atoms with E-state index in [4.69, 9.17) is 43.4 Å². The third-order valence-corrected chi connectivity index (χ3v) is 13.3. The summed E-state index contributed by atoms with van der Waals surface area (Å²) in [5.41, 5.74) is 6.68. The van der Waals surface area contributed by atoms with Gasteiger partial charge in [-0.1, -0.05) is 63.2 Å². The van der Waals surface area contributed by atoms with Crippen molar-refractivity contribution >= 4 is 52.1 Å². The number of carbonyl (C=O) groups excluding carboxylic acids is 1. The van der Waals surface area contributed by atoms with Crippen molar-refractivity contribution in [3.8, 4) is 56.8 Å². The van der Waals surface area contributed by atoms with Crippen LogP contribution in [0.1, 0.15) is 44.0 Å². The molecular formula is C62H70N10O7. The first-order chi connectivity index (χ1) is 38.7. The minimum Gasteiger partial charge on any atom is -0.497 e. The number of Topliss-reactive ketones (excluding diaryl/α,β-unsaturated/α-hetero) is 1. The van der Waals surface area contributed by atoms with Crippen LogP contribution in [0.2, 0.25) is 0 Å². The van der Waals surface area contributed by atoms with E-state index in [9.17, 15) is 4.79 Å². The van der Waals surface area contributed by atoms with Crippen molar-refractivity contribution < 1.29 is 33.2 Å². The number of nitrogens with one attached hydrogen (secondary N) is 4. The van der Waals surface area contributed by atoms with Crippen molar-refractivity contribution in [1.82, 2.24) is 29.7 Å². The van der Waals surface area contributed by atoms with Gasteiger partial charge >= 0.3 is 0 Å². The number of carbonyl (C=O) groups is 1. The Morgan fingerprint density at radius 1 is 0.481 bits per heavy atom. The lowest BCUT2D eigenvalue weighted by Gasteiger charge is -2.20. The molecule has 0 amide bonds. The molecule has 17 nitrogen and oxygen atoms in total. The maximum absolute atomic E-state index is 13.8. The predicted octanol–water partition coefficient (Wildman–Crippen LogP) is 12.7. The second kappa shape index (κ2) is 28.4. The molecule has 8 aromatic rings. The van der Waals surface area contributed by atoms with Crippen molar-refractivity contribution in [3.05, 3.63) is 157 Å². The van der Waals surface area contributed by atoms with Crippen LogP contribution in [0, 0.1) is 0 Å². The van der Waals surface area contributed by atoms with Crippen LogP contribution in [0.3, 0.4) is 0 Å². The molecule has 4 N–H and O–H groups in total. The summed E-state index contributed by atoms with van der Waals surface area (Å²) >= 11 is 0. The van der Waals surface area contributed by atoms with E-state index in [1.807, 2.05) is 140 Å². The fraction of sp³-hybridized carbons (Fsp3) is 0.274. The van der Waals surface area contributed by atoms with Gasteiger partial charge in [0.15, 0.2) is 5.78 Å². The van der Waals surface area contributed by atoms with Crippen LogP contribution in [0.25, 0.3) is 22.3 Å². The van der Waals surface area contributed by atoms with Gasteiger partial charge in [0.05, 0.1) is 39.8 Å². The predicted molar refractivity (Wildman–Crippen MR) is 314 cm³/mol. The number of hydrogen-bond donors (Lipinski definition) is 4. The third kappa shape index (κ3) is 15.4. The van der Waals surface area contributed by atoms with Gasteiger partial charge < -0.3 is 59.5 Å². The van der Waals surface area contributed by atoms with Gasteiger partial charge in [-0.05, 0) is 135 Å². The van der Waals surface area contributed by atoms with E-state index in [-0.39, 0.29) is 5.78 Å². The number of aromatic nitrogens is 4. The summed E-state index contributed by atoms with van der Waals surface area (Å²) < 4.78 is 34.7. The van der Waals surface area contributed by atoms with Crippen LogP contribution >= 0.6 is 0 Å². The lowest BCUT2D eigenvalue weighted by molar-refractivity contribution is 0.0974. The van der Waals surface area contributed by atoms with E-state index in [0.29, 0.717) is 90.3 Å². The molecule has 6 aromatic carbocycles. The quantitative estimate of drug-likeness (QED) is 0.0312. The highest BCUT2D eigenvalue weighted by molar-refractivity contribution is 5.97. The standard InChI is InChI=1S/C62H70N10O7/c1-8-71(9-2)35-37-78-47-28-24-45(25-29-47)65-61-63-41-51(59(69-61)67-53-19-11-13-22-57(53)76-6)43-17-15-18-44(39-43)55(73)21-16-34-72(10-3)36-38-79-48-30-26-46(27-31-48)66-62-64-42-52(50-40-49(74-4)32-33-56(50)75-5)60(70-62)68-54-20-12-14-23-58(54)77-7/h11-15,17-20,22-33,39-42H,8-10,16,21,34-38H2,1-7H3,(H2,63,65,67,69)(H2,64,66,68,70). The summed E-state index contributed by atoms with van der Waals surface area (Å²) in [4.78, 5) is 37.6. The number of anilines is 8. The molecule has 0 saturated heterocycles. The largest absolute Gasteiger partial charge is 0.497 e. The minimum atomic E-state index is 0.0594. The zero-order valence-corrected chi connectivity index (χ0v) is 46.0. The molecule has 0 unspecified atom stereocenters. The van der Waals surface area contributed by atoms with Crippen molar-refractivity contribution in [2.75, 3.05) is 102 Å². The maximum Gasteiger partial charge on any atom is 0.229 e. The topological polar surface area (TPSA) is 179 Å².